The maximum absolute atomic E-state index is 13.3. The monoisotopic (exact) mass is 297 g/mol. The summed E-state index contributed by atoms with van der Waals surface area (Å²) in [5.74, 6) is 3.88. The minimum absolute atomic E-state index is 0.168. The molecule has 0 bridgehead atoms. The summed E-state index contributed by atoms with van der Waals surface area (Å²) in [6.07, 6.45) is 4.53. The normalized spacial score (nSPS) is 12.1. The highest BCUT2D eigenvalue weighted by Gasteiger charge is 2.05. The zero-order valence-corrected chi connectivity index (χ0v) is 12.2. The van der Waals surface area contributed by atoms with E-state index in [1.54, 1.807) is 30.0 Å². The molecular formula is C15H20FNO2S. The maximum atomic E-state index is 13.3. The Kier molecular flexibility index (Phi) is 9.09. The first kappa shape index (κ1) is 17.0. The van der Waals surface area contributed by atoms with Gasteiger partial charge in [0.15, 0.2) is 0 Å². The van der Waals surface area contributed by atoms with Gasteiger partial charge in [-0.2, -0.15) is 0 Å². The average Bonchev–Trinajstić information content (AvgIpc) is 2.45. The Morgan fingerprint density at radius 1 is 1.45 bits per heavy atom. The first-order valence-electron chi connectivity index (χ1n) is 6.45. The zero-order valence-electron chi connectivity index (χ0n) is 11.3. The largest absolute Gasteiger partial charge is 0.389 e. The molecule has 3 nitrogen and oxygen atoms in total. The van der Waals surface area contributed by atoms with Gasteiger partial charge in [0.25, 0.3) is 0 Å². The van der Waals surface area contributed by atoms with Crippen LogP contribution in [0.3, 0.4) is 0 Å². The van der Waals surface area contributed by atoms with Crippen molar-refractivity contribution in [2.75, 3.05) is 31.2 Å². The Balaban J connectivity index is 2.04. The summed E-state index contributed by atoms with van der Waals surface area (Å²) >= 11 is 1.67. The molecule has 1 unspecified atom stereocenters. The summed E-state index contributed by atoms with van der Waals surface area (Å²) < 4.78 is 18.6. The topological polar surface area (TPSA) is 41.5 Å². The molecule has 1 atom stereocenters. The number of nitrogens with one attached hydrogen (secondary N) is 1. The predicted octanol–water partition coefficient (Wildman–Crippen LogP) is 1.66. The summed E-state index contributed by atoms with van der Waals surface area (Å²) in [5.41, 5.74) is 0.498. The van der Waals surface area contributed by atoms with Crippen molar-refractivity contribution in [3.8, 4) is 12.3 Å². The second-order valence-corrected chi connectivity index (χ2v) is 5.33. The lowest BCUT2D eigenvalue weighted by molar-refractivity contribution is 0.0282. The van der Waals surface area contributed by atoms with E-state index in [9.17, 15) is 9.50 Å². The third kappa shape index (κ3) is 7.51. The summed E-state index contributed by atoms with van der Waals surface area (Å²) in [5, 5.41) is 12.8. The molecule has 110 valence electrons. The van der Waals surface area contributed by atoms with E-state index >= 15 is 0 Å². The van der Waals surface area contributed by atoms with Crippen LogP contribution < -0.4 is 5.32 Å². The predicted molar refractivity (Wildman–Crippen MR) is 81.1 cm³/mol. The highest BCUT2D eigenvalue weighted by Crippen LogP contribution is 2.07. The molecule has 0 aliphatic carbocycles. The van der Waals surface area contributed by atoms with Crippen LogP contribution in [-0.2, 0) is 11.3 Å². The molecule has 1 aromatic carbocycles. The van der Waals surface area contributed by atoms with Crippen molar-refractivity contribution >= 4 is 11.8 Å². The van der Waals surface area contributed by atoms with Gasteiger partial charge in [0.1, 0.15) is 5.82 Å². The van der Waals surface area contributed by atoms with Gasteiger partial charge in [-0.1, -0.05) is 24.1 Å². The molecule has 0 aromatic heterocycles. The van der Waals surface area contributed by atoms with E-state index in [4.69, 9.17) is 11.2 Å². The van der Waals surface area contributed by atoms with Gasteiger partial charge in [-0.15, -0.1) is 18.2 Å². The second-order valence-electron chi connectivity index (χ2n) is 4.22. The van der Waals surface area contributed by atoms with Crippen LogP contribution in [0.5, 0.6) is 0 Å². The minimum atomic E-state index is -0.598. The van der Waals surface area contributed by atoms with Crippen LogP contribution in [0.1, 0.15) is 5.56 Å². The fourth-order valence-corrected chi connectivity index (χ4v) is 2.07. The molecular weight excluding hydrogens is 277 g/mol. The van der Waals surface area contributed by atoms with Gasteiger partial charge in [-0.05, 0) is 6.07 Å². The standard InChI is InChI=1S/C15H20FNO2S/c1-2-8-20-9-7-17-10-14(18)12-19-11-13-5-3-4-6-15(13)16/h1,3-6,14,17-18H,7-12H2. The van der Waals surface area contributed by atoms with Crippen LogP contribution in [0, 0.1) is 18.2 Å². The number of hydrogen-bond acceptors (Lipinski definition) is 4. The van der Waals surface area contributed by atoms with E-state index in [0.29, 0.717) is 17.9 Å². The minimum Gasteiger partial charge on any atom is -0.389 e. The maximum Gasteiger partial charge on any atom is 0.128 e. The van der Waals surface area contributed by atoms with Crippen molar-refractivity contribution in [2.24, 2.45) is 0 Å². The van der Waals surface area contributed by atoms with E-state index in [1.807, 2.05) is 0 Å². The van der Waals surface area contributed by atoms with E-state index in [1.165, 1.54) is 6.07 Å². The molecule has 0 fully saturated rings. The van der Waals surface area contributed by atoms with Crippen LogP contribution in [-0.4, -0.2) is 42.4 Å². The molecule has 0 amide bonds. The fourth-order valence-electron chi connectivity index (χ4n) is 1.52. The molecule has 0 radical (unpaired) electrons. The van der Waals surface area contributed by atoms with Gasteiger partial charge >= 0.3 is 0 Å². The number of hydrogen-bond donors (Lipinski definition) is 2. The lowest BCUT2D eigenvalue weighted by Crippen LogP contribution is -2.31. The average molecular weight is 297 g/mol. The molecule has 0 aliphatic rings. The van der Waals surface area contributed by atoms with Crippen molar-refractivity contribution in [1.29, 1.82) is 0 Å². The van der Waals surface area contributed by atoms with E-state index in [2.05, 4.69) is 11.2 Å². The van der Waals surface area contributed by atoms with Crippen molar-refractivity contribution in [3.63, 3.8) is 0 Å². The zero-order chi connectivity index (χ0) is 14.6. The molecule has 20 heavy (non-hydrogen) atoms. The number of ether oxygens (including phenoxy) is 1. The van der Waals surface area contributed by atoms with Gasteiger partial charge in [-0.25, -0.2) is 4.39 Å². The van der Waals surface area contributed by atoms with Crippen LogP contribution in [0.15, 0.2) is 24.3 Å². The van der Waals surface area contributed by atoms with Crippen molar-refractivity contribution in [1.82, 2.24) is 5.32 Å². The molecule has 0 aliphatic heterocycles. The first-order valence-corrected chi connectivity index (χ1v) is 7.60. The lowest BCUT2D eigenvalue weighted by atomic mass is 10.2. The van der Waals surface area contributed by atoms with Gasteiger partial charge in [0.05, 0.1) is 25.1 Å². The van der Waals surface area contributed by atoms with Crippen LogP contribution >= 0.6 is 11.8 Å². The summed E-state index contributed by atoms with van der Waals surface area (Å²) in [4.78, 5) is 0. The summed E-state index contributed by atoms with van der Waals surface area (Å²) in [6, 6.07) is 6.45. The second kappa shape index (κ2) is 10.7. The Hall–Kier alpha value is -1.06. The number of rotatable bonds is 10. The van der Waals surface area contributed by atoms with Gasteiger partial charge in [-0.3, -0.25) is 0 Å². The van der Waals surface area contributed by atoms with Crippen LogP contribution in [0.25, 0.3) is 0 Å². The molecule has 0 heterocycles. The summed E-state index contributed by atoms with van der Waals surface area (Å²) in [7, 11) is 0. The first-order chi connectivity index (χ1) is 9.74. The summed E-state index contributed by atoms with van der Waals surface area (Å²) in [6.45, 7) is 1.59. The Morgan fingerprint density at radius 3 is 3.00 bits per heavy atom. The highest BCUT2D eigenvalue weighted by molar-refractivity contribution is 7.99. The SMILES string of the molecule is C#CCSCCNCC(O)COCc1ccccc1F. The van der Waals surface area contributed by atoms with Gasteiger partial charge in [0.2, 0.25) is 0 Å². The van der Waals surface area contributed by atoms with Crippen LogP contribution in [0.4, 0.5) is 4.39 Å². The van der Waals surface area contributed by atoms with E-state index in [-0.39, 0.29) is 19.0 Å². The molecule has 1 rings (SSSR count). The van der Waals surface area contributed by atoms with Crippen LogP contribution in [0.2, 0.25) is 0 Å². The fraction of sp³-hybridized carbons (Fsp3) is 0.467. The quantitative estimate of drug-likeness (QED) is 0.509. The molecule has 2 N–H and O–H groups in total. The van der Waals surface area contributed by atoms with E-state index < -0.39 is 6.10 Å². The van der Waals surface area contributed by atoms with E-state index in [0.717, 1.165) is 12.3 Å². The number of terminal acetylenes is 1. The molecule has 5 heteroatoms. The molecule has 1 aromatic rings. The lowest BCUT2D eigenvalue weighted by Gasteiger charge is -2.12. The van der Waals surface area contributed by atoms with Crippen molar-refractivity contribution in [3.05, 3.63) is 35.6 Å². The Morgan fingerprint density at radius 2 is 2.25 bits per heavy atom. The number of benzene rings is 1. The number of halogens is 1. The highest BCUT2D eigenvalue weighted by atomic mass is 32.2. The van der Waals surface area contributed by atoms with Gasteiger partial charge in [0, 0.05) is 24.4 Å². The number of aliphatic hydroxyl groups excluding tert-OH is 1. The van der Waals surface area contributed by atoms with Gasteiger partial charge < -0.3 is 15.2 Å². The third-order valence-electron chi connectivity index (χ3n) is 2.51. The molecule has 0 saturated heterocycles. The smallest absolute Gasteiger partial charge is 0.128 e. The number of thioether (sulfide) groups is 1. The Labute approximate surface area is 123 Å². The molecule has 0 spiro atoms. The molecule has 0 saturated carbocycles. The Bertz CT molecular complexity index is 423. The third-order valence-corrected chi connectivity index (χ3v) is 3.38. The number of aliphatic hydroxyl groups is 1. The van der Waals surface area contributed by atoms with Crippen molar-refractivity contribution < 1.29 is 14.2 Å². The van der Waals surface area contributed by atoms with Crippen molar-refractivity contribution in [2.45, 2.75) is 12.7 Å².